The summed E-state index contributed by atoms with van der Waals surface area (Å²) < 4.78 is 59.4. The lowest BCUT2D eigenvalue weighted by molar-refractivity contribution is -0.138. The Hall–Kier alpha value is -2.63. The number of amides is 2. The molecule has 0 bridgehead atoms. The number of anilines is 1. The third-order valence-corrected chi connectivity index (χ3v) is 5.35. The number of carbonyl (C=O) groups is 1. The fraction of sp³-hybridized carbons (Fsp3) is 0.455. The van der Waals surface area contributed by atoms with Gasteiger partial charge in [0.05, 0.1) is 30.0 Å². The second-order valence-corrected chi connectivity index (χ2v) is 7.96. The van der Waals surface area contributed by atoms with Crippen molar-refractivity contribution in [2.45, 2.75) is 44.1 Å². The molecule has 1 heterocycles. The molecule has 12 heteroatoms. The standard InChI is InChI=1S/C22H26ClF4N3O4/c1-3-6-21(24,19-16(23)9-13(11-29-19)17(32)12-31)7-8-28-20(33)30-14-4-5-15(22(25,26)27)18(10-14)34-2/h4-5,9-11,17,31-32H,3,6-8,12H2,1-2H3,(H2,28,30,33)/t17-,21?/m1/s1. The lowest BCUT2D eigenvalue weighted by Crippen LogP contribution is -2.34. The summed E-state index contributed by atoms with van der Waals surface area (Å²) in [5, 5.41) is 23.6. The van der Waals surface area contributed by atoms with E-state index in [4.69, 9.17) is 21.4 Å². The van der Waals surface area contributed by atoms with E-state index in [0.717, 1.165) is 25.3 Å². The maximum atomic E-state index is 15.8. The first-order valence-electron chi connectivity index (χ1n) is 10.4. The number of methoxy groups -OCH3 is 1. The number of rotatable bonds is 10. The fourth-order valence-electron chi connectivity index (χ4n) is 3.38. The number of urea groups is 1. The summed E-state index contributed by atoms with van der Waals surface area (Å²) in [5.74, 6) is -0.452. The molecule has 7 nitrogen and oxygen atoms in total. The number of carbonyl (C=O) groups excluding carboxylic acids is 1. The van der Waals surface area contributed by atoms with Crippen LogP contribution >= 0.6 is 11.6 Å². The summed E-state index contributed by atoms with van der Waals surface area (Å²) >= 11 is 6.19. The van der Waals surface area contributed by atoms with Crippen molar-refractivity contribution in [2.75, 3.05) is 25.6 Å². The third kappa shape index (κ3) is 6.94. The van der Waals surface area contributed by atoms with Gasteiger partial charge < -0.3 is 25.6 Å². The van der Waals surface area contributed by atoms with E-state index in [1.807, 2.05) is 0 Å². The normalized spacial score (nSPS) is 14.3. The number of ether oxygens (including phenoxy) is 1. The van der Waals surface area contributed by atoms with Crippen LogP contribution in [0.2, 0.25) is 5.02 Å². The highest BCUT2D eigenvalue weighted by atomic mass is 35.5. The largest absolute Gasteiger partial charge is 0.496 e. The quantitative estimate of drug-likeness (QED) is 0.340. The molecule has 1 aromatic carbocycles. The molecule has 0 saturated heterocycles. The van der Waals surface area contributed by atoms with Crippen molar-refractivity contribution in [1.82, 2.24) is 10.3 Å². The van der Waals surface area contributed by atoms with Gasteiger partial charge in [0.2, 0.25) is 0 Å². The molecule has 1 unspecified atom stereocenters. The van der Waals surface area contributed by atoms with E-state index < -0.39 is 41.9 Å². The minimum absolute atomic E-state index is 0.0257. The van der Waals surface area contributed by atoms with E-state index in [2.05, 4.69) is 15.6 Å². The molecule has 2 atom stereocenters. The van der Waals surface area contributed by atoms with Gasteiger partial charge in [0.15, 0.2) is 5.67 Å². The van der Waals surface area contributed by atoms with Crippen molar-refractivity contribution >= 4 is 23.3 Å². The van der Waals surface area contributed by atoms with Crippen LogP contribution in [-0.2, 0) is 11.8 Å². The SMILES string of the molecule is CCCC(F)(CCNC(=O)Nc1ccc(C(F)(F)F)c(OC)c1)c1ncc([C@H](O)CO)cc1Cl. The number of benzene rings is 1. The lowest BCUT2D eigenvalue weighted by atomic mass is 9.91. The van der Waals surface area contributed by atoms with Crippen molar-refractivity contribution in [3.8, 4) is 5.75 Å². The molecule has 1 aromatic heterocycles. The minimum atomic E-state index is -4.61. The predicted octanol–water partition coefficient (Wildman–Crippen LogP) is 4.96. The Morgan fingerprint density at radius 2 is 1.94 bits per heavy atom. The van der Waals surface area contributed by atoms with Crippen LogP contribution < -0.4 is 15.4 Å². The van der Waals surface area contributed by atoms with Crippen LogP contribution in [0.5, 0.6) is 5.75 Å². The molecule has 0 aliphatic heterocycles. The fourth-order valence-corrected chi connectivity index (χ4v) is 3.72. The maximum absolute atomic E-state index is 15.8. The number of nitrogens with one attached hydrogen (secondary N) is 2. The zero-order valence-electron chi connectivity index (χ0n) is 18.5. The van der Waals surface area contributed by atoms with Gasteiger partial charge in [0.25, 0.3) is 0 Å². The average molecular weight is 508 g/mol. The maximum Gasteiger partial charge on any atom is 0.419 e. The van der Waals surface area contributed by atoms with E-state index in [0.29, 0.717) is 6.42 Å². The van der Waals surface area contributed by atoms with Crippen LogP contribution in [0.15, 0.2) is 30.5 Å². The van der Waals surface area contributed by atoms with Gasteiger partial charge >= 0.3 is 12.2 Å². The van der Waals surface area contributed by atoms with Crippen LogP contribution in [0.25, 0.3) is 0 Å². The smallest absolute Gasteiger partial charge is 0.419 e. The van der Waals surface area contributed by atoms with E-state index in [1.54, 1.807) is 6.92 Å². The third-order valence-electron chi connectivity index (χ3n) is 5.06. The first-order valence-corrected chi connectivity index (χ1v) is 10.8. The van der Waals surface area contributed by atoms with Gasteiger partial charge in [-0.25, -0.2) is 9.18 Å². The summed E-state index contributed by atoms with van der Waals surface area (Å²) in [4.78, 5) is 16.2. The number of aliphatic hydroxyl groups is 2. The zero-order chi connectivity index (χ0) is 25.5. The monoisotopic (exact) mass is 507 g/mol. The van der Waals surface area contributed by atoms with Crippen molar-refractivity contribution < 1.29 is 37.3 Å². The highest BCUT2D eigenvalue weighted by Gasteiger charge is 2.36. The first-order chi connectivity index (χ1) is 15.9. The first kappa shape index (κ1) is 27.6. The van der Waals surface area contributed by atoms with E-state index in [9.17, 15) is 23.1 Å². The number of hydrogen-bond donors (Lipinski definition) is 4. The zero-order valence-corrected chi connectivity index (χ0v) is 19.3. The molecule has 4 N–H and O–H groups in total. The van der Waals surface area contributed by atoms with Crippen LogP contribution in [0.3, 0.4) is 0 Å². The second-order valence-electron chi connectivity index (χ2n) is 7.56. The van der Waals surface area contributed by atoms with Gasteiger partial charge in [-0.05, 0) is 24.6 Å². The summed E-state index contributed by atoms with van der Waals surface area (Å²) in [6, 6.07) is 3.47. The summed E-state index contributed by atoms with van der Waals surface area (Å²) in [7, 11) is 1.08. The molecule has 34 heavy (non-hydrogen) atoms. The molecule has 0 spiro atoms. The topological polar surface area (TPSA) is 104 Å². The van der Waals surface area contributed by atoms with Crippen molar-refractivity contribution in [2.24, 2.45) is 0 Å². The number of halogens is 5. The highest BCUT2D eigenvalue weighted by molar-refractivity contribution is 6.31. The Bertz CT molecular complexity index is 993. The number of hydrogen-bond acceptors (Lipinski definition) is 5. The molecule has 0 aliphatic carbocycles. The number of nitrogens with zero attached hydrogens (tertiary/aromatic N) is 1. The van der Waals surface area contributed by atoms with E-state index in [-0.39, 0.29) is 41.4 Å². The van der Waals surface area contributed by atoms with Gasteiger partial charge in [-0.15, -0.1) is 0 Å². The molecule has 0 saturated carbocycles. The van der Waals surface area contributed by atoms with Gasteiger partial charge in [-0.1, -0.05) is 24.9 Å². The number of aromatic nitrogens is 1. The highest BCUT2D eigenvalue weighted by Crippen LogP contribution is 2.39. The Morgan fingerprint density at radius 3 is 2.50 bits per heavy atom. The molecule has 2 aromatic rings. The second kappa shape index (κ2) is 11.7. The number of aliphatic hydroxyl groups excluding tert-OH is 2. The Morgan fingerprint density at radius 1 is 1.24 bits per heavy atom. The summed E-state index contributed by atoms with van der Waals surface area (Å²) in [6.45, 7) is 1.10. The summed E-state index contributed by atoms with van der Waals surface area (Å²) in [5.41, 5.74) is -2.73. The molecule has 2 rings (SSSR count). The van der Waals surface area contributed by atoms with Crippen molar-refractivity contribution in [3.05, 3.63) is 52.3 Å². The average Bonchev–Trinajstić information content (AvgIpc) is 2.77. The number of pyridine rings is 1. The van der Waals surface area contributed by atoms with Gasteiger partial charge in [-0.2, -0.15) is 13.2 Å². The van der Waals surface area contributed by atoms with Crippen LogP contribution in [-0.4, -0.2) is 41.5 Å². The summed E-state index contributed by atoms with van der Waals surface area (Å²) in [6.07, 6.45) is -4.26. The number of alkyl halides is 4. The van der Waals surface area contributed by atoms with Crippen LogP contribution in [0.1, 0.15) is 49.1 Å². The van der Waals surface area contributed by atoms with Gasteiger partial charge in [0, 0.05) is 36.5 Å². The van der Waals surface area contributed by atoms with Gasteiger partial charge in [-0.3, -0.25) is 4.98 Å². The van der Waals surface area contributed by atoms with Crippen molar-refractivity contribution in [3.63, 3.8) is 0 Å². The van der Waals surface area contributed by atoms with E-state index in [1.165, 1.54) is 12.3 Å². The Kier molecular flexibility index (Phi) is 9.48. The van der Waals surface area contributed by atoms with E-state index >= 15 is 4.39 Å². The lowest BCUT2D eigenvalue weighted by Gasteiger charge is -2.26. The molecular weight excluding hydrogens is 482 g/mol. The van der Waals surface area contributed by atoms with Gasteiger partial charge in [0.1, 0.15) is 11.9 Å². The Labute approximate surface area is 199 Å². The van der Waals surface area contributed by atoms with Crippen LogP contribution in [0, 0.1) is 0 Å². The predicted molar refractivity (Wildman–Crippen MR) is 119 cm³/mol. The molecular formula is C22H26ClF4N3O4. The minimum Gasteiger partial charge on any atom is -0.496 e. The van der Waals surface area contributed by atoms with Crippen LogP contribution in [0.4, 0.5) is 28.0 Å². The molecule has 2 amide bonds. The molecule has 0 aliphatic rings. The molecule has 188 valence electrons. The van der Waals surface area contributed by atoms with Crippen molar-refractivity contribution in [1.29, 1.82) is 0 Å². The molecule has 0 fully saturated rings. The Balaban J connectivity index is 2.06. The molecule has 0 radical (unpaired) electrons.